The van der Waals surface area contributed by atoms with Gasteiger partial charge in [-0.2, -0.15) is 0 Å². The largest absolute Gasteiger partial charge is 0.462 e. The number of benzene rings is 3. The molecule has 27 heavy (non-hydrogen) atoms. The molecule has 0 aliphatic rings. The van der Waals surface area contributed by atoms with Gasteiger partial charge in [-0.15, -0.1) is 0 Å². The summed E-state index contributed by atoms with van der Waals surface area (Å²) in [5, 5.41) is 3.44. The Morgan fingerprint density at radius 2 is 1.48 bits per heavy atom. The molecule has 0 saturated heterocycles. The van der Waals surface area contributed by atoms with Crippen LogP contribution < -0.4 is 5.32 Å². The average molecular weight is 357 g/mol. The highest BCUT2D eigenvalue weighted by Crippen LogP contribution is 2.20. The molecule has 0 spiro atoms. The van der Waals surface area contributed by atoms with E-state index in [2.05, 4.69) is 35.7 Å². The summed E-state index contributed by atoms with van der Waals surface area (Å²) in [6.45, 7) is 2.86. The molecule has 0 aliphatic carbocycles. The van der Waals surface area contributed by atoms with Gasteiger partial charge in [0.05, 0.1) is 12.2 Å². The molecule has 1 N–H and O–H groups in total. The summed E-state index contributed by atoms with van der Waals surface area (Å²) >= 11 is 0. The normalized spacial score (nSPS) is 11.1. The van der Waals surface area contributed by atoms with Crippen molar-refractivity contribution in [3.63, 3.8) is 0 Å². The smallest absolute Gasteiger partial charge is 0.338 e. The fraction of sp³-hybridized carbons (Fsp3) is 0.125. The minimum atomic E-state index is -0.294. The van der Waals surface area contributed by atoms with Gasteiger partial charge in [0, 0.05) is 12.2 Å². The van der Waals surface area contributed by atoms with Crippen LogP contribution in [0.3, 0.4) is 0 Å². The van der Waals surface area contributed by atoms with Crippen molar-refractivity contribution in [3.05, 3.63) is 102 Å². The topological polar surface area (TPSA) is 38.3 Å². The number of nitrogens with one attached hydrogen (secondary N) is 1. The van der Waals surface area contributed by atoms with Gasteiger partial charge in [-0.3, -0.25) is 0 Å². The first kappa shape index (κ1) is 18.5. The minimum absolute atomic E-state index is 0.294. The molecule has 0 bridgehead atoms. The van der Waals surface area contributed by atoms with Crippen LogP contribution in [0.2, 0.25) is 0 Å². The van der Waals surface area contributed by atoms with Crippen molar-refractivity contribution in [2.75, 3.05) is 18.5 Å². The Balaban J connectivity index is 1.75. The number of ether oxygens (including phenoxy) is 1. The molecule has 0 unspecified atom stereocenters. The fourth-order valence-corrected chi connectivity index (χ4v) is 2.77. The van der Waals surface area contributed by atoms with Crippen molar-refractivity contribution in [2.24, 2.45) is 0 Å². The number of hydrogen-bond donors (Lipinski definition) is 1. The van der Waals surface area contributed by atoms with Gasteiger partial charge in [0.25, 0.3) is 0 Å². The molecule has 0 aliphatic heterocycles. The van der Waals surface area contributed by atoms with Crippen LogP contribution >= 0.6 is 0 Å². The third-order valence-electron chi connectivity index (χ3n) is 4.16. The molecule has 3 aromatic carbocycles. The van der Waals surface area contributed by atoms with Gasteiger partial charge < -0.3 is 10.1 Å². The van der Waals surface area contributed by atoms with Gasteiger partial charge in [-0.25, -0.2) is 4.79 Å². The second kappa shape index (κ2) is 9.39. The summed E-state index contributed by atoms with van der Waals surface area (Å²) < 4.78 is 5.02. The molecule has 0 heterocycles. The number of hydrogen-bond acceptors (Lipinski definition) is 3. The highest BCUT2D eigenvalue weighted by molar-refractivity contribution is 5.90. The molecular weight excluding hydrogens is 334 g/mol. The first-order valence-electron chi connectivity index (χ1n) is 9.08. The van der Waals surface area contributed by atoms with Gasteiger partial charge in [0.2, 0.25) is 0 Å². The molecule has 136 valence electrons. The molecule has 3 heteroatoms. The van der Waals surface area contributed by atoms with E-state index in [4.69, 9.17) is 4.74 Å². The Bertz CT molecular complexity index is 885. The van der Waals surface area contributed by atoms with Crippen molar-refractivity contribution in [1.29, 1.82) is 0 Å². The van der Waals surface area contributed by atoms with Crippen molar-refractivity contribution >= 4 is 23.3 Å². The molecule has 0 amide bonds. The van der Waals surface area contributed by atoms with Crippen molar-refractivity contribution in [3.8, 4) is 0 Å². The Morgan fingerprint density at radius 1 is 0.852 bits per heavy atom. The number of carbonyl (C=O) groups excluding carboxylic acids is 1. The predicted molar refractivity (Wildman–Crippen MR) is 112 cm³/mol. The van der Waals surface area contributed by atoms with Crippen LogP contribution in [0, 0.1) is 0 Å². The molecule has 0 radical (unpaired) electrons. The van der Waals surface area contributed by atoms with E-state index in [1.54, 1.807) is 19.1 Å². The summed E-state index contributed by atoms with van der Waals surface area (Å²) in [6.07, 6.45) is 2.19. The second-order valence-electron chi connectivity index (χ2n) is 6.10. The zero-order valence-corrected chi connectivity index (χ0v) is 15.4. The monoisotopic (exact) mass is 357 g/mol. The molecule has 0 aromatic heterocycles. The standard InChI is InChI=1S/C24H23NO2/c1-2-27-24(26)21-13-15-23(16-14-21)25-18-22(20-11-7-4-8-12-20)17-19-9-5-3-6-10-19/h3-17,25H,2,18H2,1H3/b22-17-. The van der Waals surface area contributed by atoms with Crippen molar-refractivity contribution in [1.82, 2.24) is 0 Å². The Morgan fingerprint density at radius 3 is 2.11 bits per heavy atom. The number of carbonyl (C=O) groups is 1. The lowest BCUT2D eigenvalue weighted by atomic mass is 10.0. The Labute approximate surface area is 160 Å². The van der Waals surface area contributed by atoms with E-state index >= 15 is 0 Å². The number of anilines is 1. The summed E-state index contributed by atoms with van der Waals surface area (Å²) in [5.74, 6) is -0.294. The summed E-state index contributed by atoms with van der Waals surface area (Å²) in [4.78, 5) is 11.8. The van der Waals surface area contributed by atoms with Gasteiger partial charge in [-0.05, 0) is 54.0 Å². The van der Waals surface area contributed by atoms with Crippen molar-refractivity contribution in [2.45, 2.75) is 6.92 Å². The van der Waals surface area contributed by atoms with Crippen LogP contribution in [0.1, 0.15) is 28.4 Å². The van der Waals surface area contributed by atoms with E-state index in [-0.39, 0.29) is 5.97 Å². The van der Waals surface area contributed by atoms with Crippen LogP contribution in [0.15, 0.2) is 84.9 Å². The van der Waals surface area contributed by atoms with E-state index in [0.29, 0.717) is 18.7 Å². The highest BCUT2D eigenvalue weighted by Gasteiger charge is 2.06. The zero-order chi connectivity index (χ0) is 18.9. The summed E-state index contributed by atoms with van der Waals surface area (Å²) in [7, 11) is 0. The first-order valence-corrected chi connectivity index (χ1v) is 9.08. The third kappa shape index (κ3) is 5.32. The second-order valence-corrected chi connectivity index (χ2v) is 6.10. The van der Waals surface area contributed by atoms with Crippen LogP contribution in [-0.2, 0) is 4.74 Å². The lowest BCUT2D eigenvalue weighted by Crippen LogP contribution is -2.06. The molecule has 3 aromatic rings. The Kier molecular flexibility index (Phi) is 6.42. The average Bonchev–Trinajstić information content (AvgIpc) is 2.73. The minimum Gasteiger partial charge on any atom is -0.462 e. The van der Waals surface area contributed by atoms with Crippen LogP contribution in [0.5, 0.6) is 0 Å². The van der Waals surface area contributed by atoms with E-state index in [0.717, 1.165) is 11.3 Å². The number of esters is 1. The van der Waals surface area contributed by atoms with Gasteiger partial charge >= 0.3 is 5.97 Å². The molecule has 3 nitrogen and oxygen atoms in total. The maximum atomic E-state index is 11.8. The molecule has 0 atom stereocenters. The molecule has 3 rings (SSSR count). The maximum absolute atomic E-state index is 11.8. The van der Waals surface area contributed by atoms with Crippen LogP contribution in [-0.4, -0.2) is 19.1 Å². The van der Waals surface area contributed by atoms with Crippen LogP contribution in [0.4, 0.5) is 5.69 Å². The lowest BCUT2D eigenvalue weighted by Gasteiger charge is -2.12. The summed E-state index contributed by atoms with van der Waals surface area (Å²) in [5.41, 5.74) is 5.05. The van der Waals surface area contributed by atoms with Gasteiger partial charge in [0.1, 0.15) is 0 Å². The predicted octanol–water partition coefficient (Wildman–Crippen LogP) is 5.52. The van der Waals surface area contributed by atoms with Gasteiger partial charge in [-0.1, -0.05) is 60.7 Å². The van der Waals surface area contributed by atoms with E-state index in [1.165, 1.54) is 11.1 Å². The van der Waals surface area contributed by atoms with Crippen molar-refractivity contribution < 1.29 is 9.53 Å². The molecular formula is C24H23NO2. The van der Waals surface area contributed by atoms with Crippen LogP contribution in [0.25, 0.3) is 11.6 Å². The molecule has 0 saturated carbocycles. The summed E-state index contributed by atoms with van der Waals surface area (Å²) in [6, 6.07) is 28.0. The quantitative estimate of drug-likeness (QED) is 0.447. The molecule has 0 fully saturated rings. The van der Waals surface area contributed by atoms with Gasteiger partial charge in [0.15, 0.2) is 0 Å². The number of rotatable bonds is 7. The van der Waals surface area contributed by atoms with E-state index < -0.39 is 0 Å². The van der Waals surface area contributed by atoms with E-state index in [1.807, 2.05) is 48.5 Å². The maximum Gasteiger partial charge on any atom is 0.338 e. The van der Waals surface area contributed by atoms with E-state index in [9.17, 15) is 4.79 Å². The first-order chi connectivity index (χ1) is 13.3. The Hall–Kier alpha value is -3.33. The lowest BCUT2D eigenvalue weighted by molar-refractivity contribution is 0.0526. The third-order valence-corrected chi connectivity index (χ3v) is 4.16. The SMILES string of the molecule is CCOC(=O)c1ccc(NC/C(=C/c2ccccc2)c2ccccc2)cc1. The fourth-order valence-electron chi connectivity index (χ4n) is 2.77. The highest BCUT2D eigenvalue weighted by atomic mass is 16.5. The zero-order valence-electron chi connectivity index (χ0n) is 15.4.